The van der Waals surface area contributed by atoms with Crippen LogP contribution in [0.25, 0.3) is 10.9 Å². The van der Waals surface area contributed by atoms with Crippen LogP contribution in [-0.4, -0.2) is 58.6 Å². The van der Waals surface area contributed by atoms with Crippen LogP contribution < -0.4 is 21.5 Å². The molecule has 1 saturated heterocycles. The third-order valence-electron chi connectivity index (χ3n) is 6.41. The van der Waals surface area contributed by atoms with Crippen molar-refractivity contribution in [2.75, 3.05) is 38.1 Å². The van der Waals surface area contributed by atoms with E-state index in [9.17, 15) is 14.4 Å². The van der Waals surface area contributed by atoms with Crippen molar-refractivity contribution in [3.8, 4) is 0 Å². The van der Waals surface area contributed by atoms with E-state index in [1.54, 1.807) is 25.2 Å². The molecule has 0 radical (unpaired) electrons. The summed E-state index contributed by atoms with van der Waals surface area (Å²) in [7, 11) is 2.93. The maximum Gasteiger partial charge on any atom is 0.328 e. The van der Waals surface area contributed by atoms with Crippen molar-refractivity contribution in [1.29, 1.82) is 0 Å². The van der Waals surface area contributed by atoms with E-state index in [0.29, 0.717) is 24.3 Å². The lowest BCUT2D eigenvalue weighted by molar-refractivity contribution is 0.0958. The number of rotatable bonds is 4. The molecule has 1 aromatic carbocycles. The number of hydrogen-bond acceptors (Lipinski definition) is 6. The highest BCUT2D eigenvalue weighted by molar-refractivity contribution is 5.92. The van der Waals surface area contributed by atoms with E-state index in [1.807, 2.05) is 19.9 Å². The van der Waals surface area contributed by atoms with Gasteiger partial charge in [0, 0.05) is 51.9 Å². The van der Waals surface area contributed by atoms with Gasteiger partial charge >= 0.3 is 5.69 Å². The van der Waals surface area contributed by atoms with Gasteiger partial charge in [-0.3, -0.25) is 19.1 Å². The molecule has 10 heteroatoms. The minimum atomic E-state index is -0.642. The summed E-state index contributed by atoms with van der Waals surface area (Å²) in [5.41, 5.74) is 1.36. The monoisotopic (exact) mass is 454 g/mol. The van der Waals surface area contributed by atoms with Gasteiger partial charge in [0.1, 0.15) is 5.69 Å². The summed E-state index contributed by atoms with van der Waals surface area (Å²) in [6.07, 6.45) is 0. The van der Waals surface area contributed by atoms with E-state index >= 15 is 4.39 Å². The van der Waals surface area contributed by atoms with Crippen molar-refractivity contribution in [3.63, 3.8) is 0 Å². The number of amides is 1. The Morgan fingerprint density at radius 1 is 1.15 bits per heavy atom. The van der Waals surface area contributed by atoms with Crippen LogP contribution in [0.15, 0.2) is 33.9 Å². The molecular formula is C23H27FN6O3. The highest BCUT2D eigenvalue weighted by atomic mass is 19.1. The molecule has 0 spiro atoms. The topological polar surface area (TPSA) is 103 Å². The average Bonchev–Trinajstić information content (AvgIpc) is 2.82. The van der Waals surface area contributed by atoms with E-state index in [2.05, 4.69) is 25.1 Å². The van der Waals surface area contributed by atoms with Gasteiger partial charge in [-0.05, 0) is 32.0 Å². The summed E-state index contributed by atoms with van der Waals surface area (Å²) in [6.45, 7) is 6.64. The molecule has 9 nitrogen and oxygen atoms in total. The highest BCUT2D eigenvalue weighted by Crippen LogP contribution is 2.28. The molecule has 1 aliphatic rings. The Morgan fingerprint density at radius 3 is 2.48 bits per heavy atom. The molecule has 1 aliphatic heterocycles. The maximum atomic E-state index is 15.3. The third kappa shape index (κ3) is 4.02. The number of carbonyl (C=O) groups excluding carboxylic acids is 1. The number of fused-ring (bicyclic) bond motifs is 1. The van der Waals surface area contributed by atoms with Gasteiger partial charge in [0.15, 0.2) is 5.82 Å². The molecule has 2 N–H and O–H groups in total. The Hall–Kier alpha value is -3.53. The summed E-state index contributed by atoms with van der Waals surface area (Å²) in [5, 5.41) is 2.73. The molecule has 0 bridgehead atoms. The first-order valence-corrected chi connectivity index (χ1v) is 10.8. The lowest BCUT2D eigenvalue weighted by Gasteiger charge is -2.39. The van der Waals surface area contributed by atoms with Crippen molar-refractivity contribution in [2.24, 2.45) is 7.05 Å². The van der Waals surface area contributed by atoms with Gasteiger partial charge < -0.3 is 15.2 Å². The Kier molecular flexibility index (Phi) is 6.03. The number of aromatic nitrogens is 3. The molecule has 1 fully saturated rings. The quantitative estimate of drug-likeness (QED) is 0.616. The van der Waals surface area contributed by atoms with E-state index in [-0.39, 0.29) is 22.9 Å². The molecule has 0 saturated carbocycles. The molecule has 1 amide bonds. The van der Waals surface area contributed by atoms with Crippen LogP contribution in [0, 0.1) is 12.7 Å². The van der Waals surface area contributed by atoms with Crippen LogP contribution in [0.1, 0.15) is 34.7 Å². The zero-order valence-corrected chi connectivity index (χ0v) is 19.1. The number of benzene rings is 1. The number of aryl methyl sites for hydroxylation is 1. The van der Waals surface area contributed by atoms with Crippen LogP contribution in [-0.2, 0) is 7.05 Å². The van der Waals surface area contributed by atoms with Gasteiger partial charge in [-0.2, -0.15) is 0 Å². The normalized spacial score (nSPS) is 15.6. The van der Waals surface area contributed by atoms with E-state index < -0.39 is 17.1 Å². The zero-order valence-electron chi connectivity index (χ0n) is 19.1. The second kappa shape index (κ2) is 8.78. The number of halogens is 1. The Morgan fingerprint density at radius 2 is 1.85 bits per heavy atom. The van der Waals surface area contributed by atoms with Gasteiger partial charge in [0.25, 0.3) is 11.5 Å². The molecule has 3 heterocycles. The van der Waals surface area contributed by atoms with Crippen molar-refractivity contribution < 1.29 is 9.18 Å². The van der Waals surface area contributed by atoms with Gasteiger partial charge in [-0.25, -0.2) is 14.2 Å². The Bertz CT molecular complexity index is 1340. The number of aromatic amines is 1. The van der Waals surface area contributed by atoms with E-state index in [4.69, 9.17) is 0 Å². The summed E-state index contributed by atoms with van der Waals surface area (Å²) in [5.74, 6) is -0.790. The molecule has 174 valence electrons. The second-order valence-electron chi connectivity index (χ2n) is 8.26. The lowest BCUT2D eigenvalue weighted by Crippen LogP contribution is -2.47. The van der Waals surface area contributed by atoms with Crippen molar-refractivity contribution in [1.82, 2.24) is 24.8 Å². The lowest BCUT2D eigenvalue weighted by atomic mass is 10.0. The van der Waals surface area contributed by atoms with E-state index in [1.165, 1.54) is 7.05 Å². The minimum absolute atomic E-state index is 0.0519. The van der Waals surface area contributed by atoms with Crippen LogP contribution in [0.4, 0.5) is 10.1 Å². The van der Waals surface area contributed by atoms with Gasteiger partial charge in [-0.15, -0.1) is 0 Å². The molecule has 1 unspecified atom stereocenters. The number of piperazine rings is 1. The third-order valence-corrected chi connectivity index (χ3v) is 6.41. The Balaban J connectivity index is 1.53. The fourth-order valence-electron chi connectivity index (χ4n) is 4.37. The summed E-state index contributed by atoms with van der Waals surface area (Å²) >= 11 is 0. The predicted molar refractivity (Wildman–Crippen MR) is 124 cm³/mol. The van der Waals surface area contributed by atoms with Crippen LogP contribution in [0.5, 0.6) is 0 Å². The number of anilines is 1. The van der Waals surface area contributed by atoms with Crippen molar-refractivity contribution in [2.45, 2.75) is 19.9 Å². The second-order valence-corrected chi connectivity index (χ2v) is 8.26. The zero-order chi connectivity index (χ0) is 23.9. The number of pyridine rings is 1. The number of carbonyl (C=O) groups is 1. The van der Waals surface area contributed by atoms with Crippen molar-refractivity contribution >= 4 is 22.5 Å². The summed E-state index contributed by atoms with van der Waals surface area (Å²) in [4.78, 5) is 47.3. The predicted octanol–water partition coefficient (Wildman–Crippen LogP) is 1.31. The smallest absolute Gasteiger partial charge is 0.328 e. The summed E-state index contributed by atoms with van der Waals surface area (Å²) in [6, 6.07) is 6.58. The molecule has 0 aliphatic carbocycles. The molecule has 1 atom stereocenters. The highest BCUT2D eigenvalue weighted by Gasteiger charge is 2.26. The van der Waals surface area contributed by atoms with Gasteiger partial charge in [0.2, 0.25) is 0 Å². The summed E-state index contributed by atoms with van der Waals surface area (Å²) < 4.78 is 16.2. The SMILES string of the molecule is CNC(=O)c1ccc(N2CCN(C(C)c3ccc4c(=O)n(C)c(=O)[nH]c4c3F)CC2)c(C)n1. The number of H-pyrrole nitrogens is 1. The van der Waals surface area contributed by atoms with E-state index in [0.717, 1.165) is 29.0 Å². The molecule has 3 aromatic rings. The molecule has 4 rings (SSSR count). The number of hydrogen-bond donors (Lipinski definition) is 2. The first-order chi connectivity index (χ1) is 15.7. The fourth-order valence-corrected chi connectivity index (χ4v) is 4.37. The Labute approximate surface area is 189 Å². The maximum absolute atomic E-state index is 15.3. The standard InChI is InChI=1S/C23H27FN6O3/c1-13-18(8-7-17(26-13)21(31)25-3)30-11-9-29(10-12-30)14(2)15-5-6-16-20(19(15)24)27-23(33)28(4)22(16)32/h5-8,14H,9-12H2,1-4H3,(H,25,31)(H,27,33). The van der Waals surface area contributed by atoms with Gasteiger partial charge in [0.05, 0.1) is 22.3 Å². The van der Waals surface area contributed by atoms with Crippen molar-refractivity contribution in [3.05, 3.63) is 67.9 Å². The fraction of sp³-hybridized carbons (Fsp3) is 0.391. The largest absolute Gasteiger partial charge is 0.368 e. The first-order valence-electron chi connectivity index (χ1n) is 10.8. The average molecular weight is 455 g/mol. The first kappa shape index (κ1) is 22.7. The number of nitrogens with one attached hydrogen (secondary N) is 2. The van der Waals surface area contributed by atoms with Gasteiger partial charge in [-0.1, -0.05) is 6.07 Å². The number of nitrogens with zero attached hydrogens (tertiary/aromatic N) is 4. The molecule has 2 aromatic heterocycles. The minimum Gasteiger partial charge on any atom is -0.368 e. The molecular weight excluding hydrogens is 427 g/mol. The van der Waals surface area contributed by atoms with Crippen LogP contribution in [0.2, 0.25) is 0 Å². The molecule has 33 heavy (non-hydrogen) atoms. The van der Waals surface area contributed by atoms with Crippen LogP contribution in [0.3, 0.4) is 0 Å². The van der Waals surface area contributed by atoms with Crippen LogP contribution >= 0.6 is 0 Å².